The molecule has 0 heterocycles. The number of rotatable bonds is 1. The van der Waals surface area contributed by atoms with E-state index in [1.807, 2.05) is 36.4 Å². The third kappa shape index (κ3) is 13.3. The van der Waals surface area contributed by atoms with Crippen molar-refractivity contribution in [3.05, 3.63) is 81.3 Å². The van der Waals surface area contributed by atoms with Crippen LogP contribution in [0.2, 0.25) is 0 Å². The Bertz CT molecular complexity index is 632. The number of aliphatic hydroxyl groups is 1. The van der Waals surface area contributed by atoms with Crippen LogP contribution in [0.1, 0.15) is 5.56 Å². The van der Waals surface area contributed by atoms with Crippen molar-refractivity contribution in [2.24, 2.45) is 0 Å². The molecule has 0 saturated carbocycles. The van der Waals surface area contributed by atoms with Crippen molar-refractivity contribution in [1.29, 1.82) is 0 Å². The molecule has 0 aromatic heterocycles. The molecular weight excluding hydrogens is 384 g/mol. The quantitative estimate of drug-likeness (QED) is 0.446. The molecule has 0 radical (unpaired) electrons. The van der Waals surface area contributed by atoms with Crippen LogP contribution in [0.4, 0.5) is 0 Å². The topological polar surface area (TPSA) is 120 Å². The van der Waals surface area contributed by atoms with Gasteiger partial charge in [0.25, 0.3) is 0 Å². The van der Waals surface area contributed by atoms with E-state index in [4.69, 9.17) is 23.3 Å². The van der Waals surface area contributed by atoms with Crippen LogP contribution in [-0.2, 0) is 42.6 Å². The molecule has 6 nitrogen and oxygen atoms in total. The molecule has 23 heavy (non-hydrogen) atoms. The summed E-state index contributed by atoms with van der Waals surface area (Å²) >= 11 is 1.63. The SMILES string of the molecule is O[C](=[Mo])c1ccc2ccccc2c1.[C-]#[O+].[C-]#[O+].[C-]#[O+].[C-]#[O+].[C-]#[O+]. The van der Waals surface area contributed by atoms with E-state index in [2.05, 4.69) is 39.3 Å². The minimum absolute atomic E-state index is 0.376. The number of hydrogen-bond donors (Lipinski definition) is 1. The number of hydrogen-bond acceptors (Lipinski definition) is 1. The van der Waals surface area contributed by atoms with Crippen LogP contribution in [0.25, 0.3) is 10.8 Å². The normalized spacial score (nSPS) is 6.22. The molecule has 0 spiro atoms. The first-order valence-electron chi connectivity index (χ1n) is 5.01. The van der Waals surface area contributed by atoms with E-state index in [9.17, 15) is 5.11 Å². The first kappa shape index (κ1) is 29.0. The van der Waals surface area contributed by atoms with Crippen molar-refractivity contribution in [3.63, 3.8) is 0 Å². The van der Waals surface area contributed by atoms with E-state index in [0.29, 0.717) is 4.08 Å². The van der Waals surface area contributed by atoms with Crippen molar-refractivity contribution in [1.82, 2.24) is 0 Å². The average Bonchev–Trinajstić information content (AvgIpc) is 2.69. The van der Waals surface area contributed by atoms with E-state index in [0.717, 1.165) is 10.9 Å². The van der Waals surface area contributed by atoms with Crippen LogP contribution in [0.5, 0.6) is 0 Å². The average molecular weight is 392 g/mol. The molecule has 0 aliphatic rings. The molecule has 2 aromatic carbocycles. The third-order valence-corrected chi connectivity index (χ3v) is 2.58. The van der Waals surface area contributed by atoms with E-state index in [-0.39, 0.29) is 0 Å². The summed E-state index contributed by atoms with van der Waals surface area (Å²) in [4.78, 5) is 0. The van der Waals surface area contributed by atoms with Crippen LogP contribution in [0.15, 0.2) is 42.5 Å². The third-order valence-electron chi connectivity index (χ3n) is 2.00. The van der Waals surface area contributed by atoms with Crippen LogP contribution in [0, 0.1) is 33.3 Å². The van der Waals surface area contributed by atoms with E-state index in [1.54, 1.807) is 19.4 Å². The molecular formula is C16H8MoO6. The van der Waals surface area contributed by atoms with E-state index >= 15 is 0 Å². The van der Waals surface area contributed by atoms with Gasteiger partial charge in [-0.2, -0.15) is 0 Å². The number of benzene rings is 2. The van der Waals surface area contributed by atoms with Gasteiger partial charge in [-0.15, -0.1) is 0 Å². The second kappa shape index (κ2) is 24.9. The van der Waals surface area contributed by atoms with Crippen molar-refractivity contribution >= 4 is 14.9 Å². The predicted molar refractivity (Wildman–Crippen MR) is 69.6 cm³/mol. The molecule has 0 bridgehead atoms. The van der Waals surface area contributed by atoms with Crippen LogP contribution < -0.4 is 0 Å². The maximum absolute atomic E-state index is 9.30. The Hall–Kier alpha value is -2.08. The Morgan fingerprint density at radius 1 is 0.696 bits per heavy atom. The Labute approximate surface area is 144 Å². The summed E-state index contributed by atoms with van der Waals surface area (Å²) in [5.41, 5.74) is 0.892. The molecule has 2 rings (SSSR count). The first-order chi connectivity index (χ1) is 11.3. The second-order valence-corrected chi connectivity index (χ2v) is 3.82. The fourth-order valence-corrected chi connectivity index (χ4v) is 1.63. The van der Waals surface area contributed by atoms with Gasteiger partial charge in [-0.1, -0.05) is 0 Å². The van der Waals surface area contributed by atoms with Crippen molar-refractivity contribution in [3.8, 4) is 0 Å². The molecule has 0 unspecified atom stereocenters. The Morgan fingerprint density at radius 2 is 1.09 bits per heavy atom. The Kier molecular flexibility index (Phi) is 31.4. The molecule has 0 saturated heterocycles. The number of aliphatic hydroxyl groups excluding tert-OH is 1. The fraction of sp³-hybridized carbons (Fsp3) is 0. The Balaban J connectivity index is -0.000000156. The van der Waals surface area contributed by atoms with E-state index < -0.39 is 0 Å². The van der Waals surface area contributed by atoms with Gasteiger partial charge >= 0.3 is 144 Å². The summed E-state index contributed by atoms with van der Waals surface area (Å²) in [5.74, 6) is 0. The fourth-order valence-electron chi connectivity index (χ4n) is 1.32. The van der Waals surface area contributed by atoms with Crippen molar-refractivity contribution in [2.45, 2.75) is 0 Å². The molecule has 0 fully saturated rings. The van der Waals surface area contributed by atoms with Gasteiger partial charge in [-0.05, 0) is 0 Å². The maximum atomic E-state index is 9.30. The van der Waals surface area contributed by atoms with Crippen LogP contribution >= 0.6 is 0 Å². The van der Waals surface area contributed by atoms with Gasteiger partial charge in [0.15, 0.2) is 0 Å². The standard InChI is InChI=1S/C11H8O.5CO.Mo/c12-8-9-5-6-10-3-1-2-4-11(10)7-9;5*1-2;/h1-7,12H;;;;;;. The van der Waals surface area contributed by atoms with Crippen LogP contribution in [-0.4, -0.2) is 9.19 Å². The molecule has 0 aliphatic heterocycles. The zero-order valence-corrected chi connectivity index (χ0v) is 13.4. The van der Waals surface area contributed by atoms with E-state index in [1.165, 1.54) is 5.39 Å². The molecule has 0 amide bonds. The molecule has 114 valence electrons. The summed E-state index contributed by atoms with van der Waals surface area (Å²) in [7, 11) is 0. The molecule has 2 aromatic rings. The molecule has 0 atom stereocenters. The zero-order chi connectivity index (χ0) is 19.3. The summed E-state index contributed by atoms with van der Waals surface area (Å²) in [6.07, 6.45) is 0. The van der Waals surface area contributed by atoms with Gasteiger partial charge in [0.2, 0.25) is 0 Å². The molecule has 1 N–H and O–H groups in total. The summed E-state index contributed by atoms with van der Waals surface area (Å²) in [6.45, 7) is 22.5. The Morgan fingerprint density at radius 3 is 1.48 bits per heavy atom. The van der Waals surface area contributed by atoms with Gasteiger partial charge in [-0.25, -0.2) is 0 Å². The summed E-state index contributed by atoms with van der Waals surface area (Å²) in [5, 5.41) is 11.7. The van der Waals surface area contributed by atoms with Gasteiger partial charge in [0.1, 0.15) is 0 Å². The number of fused-ring (bicyclic) bond motifs is 1. The predicted octanol–water partition coefficient (Wildman–Crippen LogP) is 2.05. The van der Waals surface area contributed by atoms with Crippen molar-refractivity contribution < 1.29 is 47.7 Å². The van der Waals surface area contributed by atoms with Gasteiger partial charge < -0.3 is 0 Å². The summed E-state index contributed by atoms with van der Waals surface area (Å²) in [6, 6.07) is 14.1. The first-order valence-corrected chi connectivity index (χ1v) is 6.02. The van der Waals surface area contributed by atoms with Crippen molar-refractivity contribution in [2.75, 3.05) is 0 Å². The second-order valence-electron chi connectivity index (χ2n) is 2.87. The summed E-state index contributed by atoms with van der Waals surface area (Å²) < 4.78 is 37.9. The van der Waals surface area contributed by atoms with Gasteiger partial charge in [0.05, 0.1) is 0 Å². The van der Waals surface area contributed by atoms with Gasteiger partial charge in [-0.3, -0.25) is 0 Å². The van der Waals surface area contributed by atoms with Crippen LogP contribution in [0.3, 0.4) is 0 Å². The molecule has 0 aliphatic carbocycles. The van der Waals surface area contributed by atoms with Gasteiger partial charge in [0, 0.05) is 0 Å². The zero-order valence-electron chi connectivity index (χ0n) is 11.4. The molecule has 7 heteroatoms. The monoisotopic (exact) mass is 394 g/mol. The minimum atomic E-state index is 0.376.